The van der Waals surface area contributed by atoms with Crippen molar-refractivity contribution >= 4 is 13.8 Å². The third-order valence-electron chi connectivity index (χ3n) is 10.9. The third kappa shape index (κ3) is 28.3. The van der Waals surface area contributed by atoms with Crippen LogP contribution in [0.2, 0.25) is 0 Å². The quantitative estimate of drug-likeness (QED) is 0.0149. The van der Waals surface area contributed by atoms with Gasteiger partial charge in [-0.1, -0.05) is 174 Å². The molecule has 0 heterocycles. The fraction of sp³-hybridized carbons (Fsp3) is 0.932. The minimum Gasteiger partial charge on any atom is -0.457 e. The lowest BCUT2D eigenvalue weighted by Crippen LogP contribution is -2.64. The third-order valence-corrected chi connectivity index (χ3v) is 11.9. The van der Waals surface area contributed by atoms with Crippen molar-refractivity contribution < 1.29 is 58.3 Å². The molecule has 1 aliphatic rings. The van der Waals surface area contributed by atoms with E-state index in [1.54, 1.807) is 0 Å². The summed E-state index contributed by atoms with van der Waals surface area (Å²) in [5.41, 5.74) is 0. The second kappa shape index (κ2) is 35.8. The Hall–Kier alpha value is -0.920. The van der Waals surface area contributed by atoms with Crippen LogP contribution in [0.4, 0.5) is 0 Å². The number of aliphatic hydroxyl groups is 5. The maximum Gasteiger partial charge on any atom is 0.472 e. The number of esters is 1. The Morgan fingerprint density at radius 2 is 0.947 bits per heavy atom. The molecule has 0 bridgehead atoms. The first kappa shape index (κ1) is 54.1. The Labute approximate surface area is 346 Å². The lowest BCUT2D eigenvalue weighted by Gasteiger charge is -2.41. The van der Waals surface area contributed by atoms with E-state index in [9.17, 15) is 39.8 Å². The SMILES string of the molecule is CCCC/C=C\CCCCCCCCOCC(COP(=O)(O)OC1C(O)C(O)C(O)C(O)C1O)OC(=O)CCCCCCCCCCCCCCCCCCCC. The van der Waals surface area contributed by atoms with Crippen molar-refractivity contribution in [1.82, 2.24) is 0 Å². The van der Waals surface area contributed by atoms with Gasteiger partial charge in [-0.05, 0) is 32.1 Å². The van der Waals surface area contributed by atoms with Gasteiger partial charge in [0.15, 0.2) is 0 Å². The summed E-state index contributed by atoms with van der Waals surface area (Å²) in [6, 6.07) is 0. The maximum atomic E-state index is 12.8. The van der Waals surface area contributed by atoms with Gasteiger partial charge in [-0.2, -0.15) is 0 Å². The summed E-state index contributed by atoms with van der Waals surface area (Å²) in [7, 11) is -5.01. The van der Waals surface area contributed by atoms with Crippen molar-refractivity contribution in [3.8, 4) is 0 Å². The number of carbonyl (C=O) groups is 1. The van der Waals surface area contributed by atoms with Gasteiger partial charge < -0.3 is 39.9 Å². The molecule has 13 heteroatoms. The number of allylic oxidation sites excluding steroid dienone is 2. The second-order valence-electron chi connectivity index (χ2n) is 16.3. The predicted molar refractivity (Wildman–Crippen MR) is 226 cm³/mol. The van der Waals surface area contributed by atoms with Crippen molar-refractivity contribution in [3.63, 3.8) is 0 Å². The van der Waals surface area contributed by atoms with Gasteiger partial charge >= 0.3 is 13.8 Å². The predicted octanol–water partition coefficient (Wildman–Crippen LogP) is 9.14. The van der Waals surface area contributed by atoms with Crippen molar-refractivity contribution in [3.05, 3.63) is 12.2 Å². The summed E-state index contributed by atoms with van der Waals surface area (Å²) in [4.78, 5) is 23.1. The lowest BCUT2D eigenvalue weighted by molar-refractivity contribution is -0.220. The van der Waals surface area contributed by atoms with Crippen LogP contribution in [0.15, 0.2) is 12.2 Å². The number of hydrogen-bond donors (Lipinski definition) is 6. The molecular formula is C44H85O12P. The molecule has 338 valence electrons. The number of aliphatic hydroxyl groups excluding tert-OH is 5. The topological polar surface area (TPSA) is 192 Å². The van der Waals surface area contributed by atoms with E-state index in [0.29, 0.717) is 13.0 Å². The number of ether oxygens (including phenoxy) is 2. The highest BCUT2D eigenvalue weighted by Crippen LogP contribution is 2.47. The van der Waals surface area contributed by atoms with Crippen LogP contribution in [0.5, 0.6) is 0 Å². The summed E-state index contributed by atoms with van der Waals surface area (Å²) in [5, 5.41) is 50.1. The van der Waals surface area contributed by atoms with E-state index >= 15 is 0 Å². The Morgan fingerprint density at radius 3 is 1.44 bits per heavy atom. The Morgan fingerprint density at radius 1 is 0.544 bits per heavy atom. The first-order valence-electron chi connectivity index (χ1n) is 23.0. The van der Waals surface area contributed by atoms with E-state index in [0.717, 1.165) is 57.8 Å². The largest absolute Gasteiger partial charge is 0.472 e. The number of hydrogen-bond acceptors (Lipinski definition) is 11. The molecule has 12 nitrogen and oxygen atoms in total. The summed E-state index contributed by atoms with van der Waals surface area (Å²) in [6.07, 6.45) is 25.7. The zero-order valence-corrected chi connectivity index (χ0v) is 36.8. The average molecular weight is 837 g/mol. The molecule has 0 spiro atoms. The van der Waals surface area contributed by atoms with Crippen molar-refractivity contribution in [2.75, 3.05) is 19.8 Å². The van der Waals surface area contributed by atoms with Gasteiger partial charge in [0.1, 0.15) is 42.7 Å². The van der Waals surface area contributed by atoms with E-state index in [2.05, 4.69) is 26.0 Å². The summed E-state index contributed by atoms with van der Waals surface area (Å²) in [6.45, 7) is 4.23. The normalized spacial score (nSPS) is 22.9. The number of phosphoric ester groups is 1. The first-order valence-corrected chi connectivity index (χ1v) is 24.5. The maximum absolute atomic E-state index is 12.8. The van der Waals surface area contributed by atoms with Gasteiger partial charge in [0, 0.05) is 13.0 Å². The van der Waals surface area contributed by atoms with Gasteiger partial charge in [-0.15, -0.1) is 0 Å². The molecule has 0 aliphatic heterocycles. The van der Waals surface area contributed by atoms with Crippen LogP contribution < -0.4 is 0 Å². The zero-order chi connectivity index (χ0) is 42.0. The average Bonchev–Trinajstić information content (AvgIpc) is 3.19. The molecule has 1 saturated carbocycles. The highest BCUT2D eigenvalue weighted by molar-refractivity contribution is 7.47. The van der Waals surface area contributed by atoms with Crippen LogP contribution in [0.3, 0.4) is 0 Å². The van der Waals surface area contributed by atoms with Crippen LogP contribution in [-0.4, -0.2) is 98.9 Å². The molecular weight excluding hydrogens is 751 g/mol. The van der Waals surface area contributed by atoms with Crippen LogP contribution in [-0.2, 0) is 27.9 Å². The van der Waals surface area contributed by atoms with Gasteiger partial charge in [0.2, 0.25) is 0 Å². The number of phosphoric acid groups is 1. The highest BCUT2D eigenvalue weighted by atomic mass is 31.2. The molecule has 1 aliphatic carbocycles. The van der Waals surface area contributed by atoms with Gasteiger partial charge in [0.25, 0.3) is 0 Å². The first-order chi connectivity index (χ1) is 27.5. The van der Waals surface area contributed by atoms with Crippen LogP contribution in [0.25, 0.3) is 0 Å². The van der Waals surface area contributed by atoms with Crippen molar-refractivity contribution in [1.29, 1.82) is 0 Å². The van der Waals surface area contributed by atoms with Gasteiger partial charge in [0.05, 0.1) is 13.2 Å². The van der Waals surface area contributed by atoms with E-state index in [1.807, 2.05) is 0 Å². The smallest absolute Gasteiger partial charge is 0.457 e. The molecule has 0 radical (unpaired) electrons. The molecule has 6 unspecified atom stereocenters. The van der Waals surface area contributed by atoms with E-state index in [4.69, 9.17) is 18.5 Å². The molecule has 0 saturated heterocycles. The molecule has 0 aromatic carbocycles. The van der Waals surface area contributed by atoms with Crippen molar-refractivity contribution in [2.24, 2.45) is 0 Å². The fourth-order valence-corrected chi connectivity index (χ4v) is 8.13. The molecule has 6 N–H and O–H groups in total. The molecule has 0 aromatic rings. The second-order valence-corrected chi connectivity index (χ2v) is 17.7. The molecule has 57 heavy (non-hydrogen) atoms. The minimum atomic E-state index is -5.01. The standard InChI is InChI=1S/C44H85O12P/c1-3-5-7-9-11-13-15-17-18-19-20-21-22-23-25-27-29-31-33-38(45)55-37(35-53-34-32-30-28-26-24-16-14-12-10-8-6-4-2)36-54-57(51,52)56-44-42(49)40(47)39(46)41(48)43(44)50/h10,12,37,39-44,46-50H,3-9,11,13-36H2,1-2H3,(H,51,52)/b12-10-. The minimum absolute atomic E-state index is 0.0759. The summed E-state index contributed by atoms with van der Waals surface area (Å²) in [5.74, 6) is -0.476. The number of rotatable bonds is 39. The highest BCUT2D eigenvalue weighted by Gasteiger charge is 2.51. The molecule has 0 aromatic heterocycles. The molecule has 1 rings (SSSR count). The Balaban J connectivity index is 2.37. The lowest BCUT2D eigenvalue weighted by atomic mass is 9.85. The number of unbranched alkanes of at least 4 members (excludes halogenated alkanes) is 25. The van der Waals surface area contributed by atoms with Crippen molar-refractivity contribution in [2.45, 2.75) is 243 Å². The molecule has 1 fully saturated rings. The zero-order valence-electron chi connectivity index (χ0n) is 35.9. The van der Waals surface area contributed by atoms with E-state index in [-0.39, 0.29) is 13.0 Å². The van der Waals surface area contributed by atoms with Crippen LogP contribution in [0.1, 0.15) is 200 Å². The monoisotopic (exact) mass is 837 g/mol. The van der Waals surface area contributed by atoms with E-state index < -0.39 is 63.1 Å². The van der Waals surface area contributed by atoms with Crippen LogP contribution in [0, 0.1) is 0 Å². The fourth-order valence-electron chi connectivity index (χ4n) is 7.16. The van der Waals surface area contributed by atoms with Gasteiger partial charge in [-0.25, -0.2) is 4.57 Å². The summed E-state index contributed by atoms with van der Waals surface area (Å²) < 4.78 is 34.1. The summed E-state index contributed by atoms with van der Waals surface area (Å²) >= 11 is 0. The molecule has 0 amide bonds. The molecule has 6 atom stereocenters. The number of carbonyl (C=O) groups excluding carboxylic acids is 1. The Bertz CT molecular complexity index is 1000. The van der Waals surface area contributed by atoms with E-state index in [1.165, 1.54) is 116 Å². The van der Waals surface area contributed by atoms with Crippen LogP contribution >= 0.6 is 7.82 Å². The Kier molecular flexibility index (Phi) is 34.0. The van der Waals surface area contributed by atoms with Gasteiger partial charge in [-0.3, -0.25) is 13.8 Å².